The van der Waals surface area contributed by atoms with Crippen molar-refractivity contribution in [2.45, 2.75) is 31.9 Å². The number of hydrogen-bond donors (Lipinski definition) is 2. The minimum absolute atomic E-state index is 0. The predicted molar refractivity (Wildman–Crippen MR) is 141 cm³/mol. The Morgan fingerprint density at radius 1 is 1.12 bits per heavy atom. The van der Waals surface area contributed by atoms with Gasteiger partial charge < -0.3 is 29.7 Å². The summed E-state index contributed by atoms with van der Waals surface area (Å²) in [6.07, 6.45) is 1.73. The average Bonchev–Trinajstić information content (AvgIpc) is 2.83. The zero-order valence-electron chi connectivity index (χ0n) is 19.6. The lowest BCUT2D eigenvalue weighted by Crippen LogP contribution is -2.50. The fourth-order valence-corrected chi connectivity index (χ4v) is 3.68. The molecule has 2 aromatic carbocycles. The molecule has 0 radical (unpaired) electrons. The lowest BCUT2D eigenvalue weighted by Gasteiger charge is -2.35. The molecule has 1 unspecified atom stereocenters. The van der Waals surface area contributed by atoms with Crippen LogP contribution in [0.2, 0.25) is 0 Å². The van der Waals surface area contributed by atoms with Crippen LogP contribution in [0.15, 0.2) is 47.5 Å². The van der Waals surface area contributed by atoms with E-state index in [1.54, 1.807) is 39.5 Å². The van der Waals surface area contributed by atoms with Crippen molar-refractivity contribution >= 4 is 35.6 Å². The maximum atomic E-state index is 13.8. The van der Waals surface area contributed by atoms with E-state index in [1.165, 1.54) is 6.07 Å². The van der Waals surface area contributed by atoms with Gasteiger partial charge in [0.2, 0.25) is 0 Å². The largest absolute Gasteiger partial charge is 0.497 e. The molecule has 1 aliphatic rings. The van der Waals surface area contributed by atoms with Gasteiger partial charge in [0.1, 0.15) is 17.6 Å². The summed E-state index contributed by atoms with van der Waals surface area (Å²) in [6, 6.07) is 12.7. The Morgan fingerprint density at radius 2 is 1.76 bits per heavy atom. The molecule has 7 nitrogen and oxygen atoms in total. The van der Waals surface area contributed by atoms with Gasteiger partial charge in [-0.25, -0.2) is 4.39 Å². The van der Waals surface area contributed by atoms with E-state index in [2.05, 4.69) is 20.5 Å². The Morgan fingerprint density at radius 3 is 2.33 bits per heavy atom. The quantitative estimate of drug-likeness (QED) is 0.283. The molecular weight excluding hydrogens is 538 g/mol. The van der Waals surface area contributed by atoms with Gasteiger partial charge in [-0.15, -0.1) is 24.0 Å². The van der Waals surface area contributed by atoms with Gasteiger partial charge in [0.05, 0.1) is 20.8 Å². The number of methoxy groups -OCH3 is 2. The van der Waals surface area contributed by atoms with Crippen LogP contribution in [0.3, 0.4) is 0 Å². The number of benzene rings is 2. The van der Waals surface area contributed by atoms with Gasteiger partial charge in [-0.2, -0.15) is 0 Å². The Bertz CT molecular complexity index is 885. The van der Waals surface area contributed by atoms with Crippen molar-refractivity contribution in [2.24, 2.45) is 4.99 Å². The topological polar surface area (TPSA) is 67.4 Å². The highest BCUT2D eigenvalue weighted by molar-refractivity contribution is 14.0. The Hall–Kier alpha value is -2.43. The molecule has 0 saturated carbocycles. The number of nitrogens with zero attached hydrogens (tertiary/aromatic N) is 2. The number of halogens is 2. The second-order valence-corrected chi connectivity index (χ2v) is 7.79. The number of aliphatic imine (C=N–C) groups is 1. The summed E-state index contributed by atoms with van der Waals surface area (Å²) in [4.78, 5) is 6.66. The summed E-state index contributed by atoms with van der Waals surface area (Å²) in [6.45, 7) is 4.24. The van der Waals surface area contributed by atoms with Crippen LogP contribution in [-0.2, 0) is 0 Å². The average molecular weight is 572 g/mol. The molecule has 0 spiro atoms. The number of piperidine rings is 1. The standard InChI is InChI=1S/C24H33FN4O3.HI/c1-17(32-23-8-6-5-7-22(23)25)16-27-24(26-2)28-18-9-11-29(12-10-18)19-13-20(30-3)15-21(14-19)31-4;/h5-8,13-15,17-18H,9-12,16H2,1-4H3,(H2,26,27,28);1H. The van der Waals surface area contributed by atoms with Crippen LogP contribution < -0.4 is 29.7 Å². The van der Waals surface area contributed by atoms with E-state index in [0.717, 1.165) is 49.1 Å². The van der Waals surface area contributed by atoms with E-state index in [9.17, 15) is 4.39 Å². The highest BCUT2D eigenvalue weighted by Crippen LogP contribution is 2.30. The SMILES string of the molecule is CN=C(NCC(C)Oc1ccccc1F)NC1CCN(c2cc(OC)cc(OC)c2)CC1.I. The molecule has 9 heteroatoms. The molecule has 1 saturated heterocycles. The molecular formula is C24H34FIN4O3. The highest BCUT2D eigenvalue weighted by atomic mass is 127. The molecule has 1 atom stereocenters. The lowest BCUT2D eigenvalue weighted by molar-refractivity contribution is 0.214. The van der Waals surface area contributed by atoms with E-state index < -0.39 is 0 Å². The first kappa shape index (κ1) is 26.8. The third-order valence-electron chi connectivity index (χ3n) is 5.48. The van der Waals surface area contributed by atoms with Crippen molar-refractivity contribution < 1.29 is 18.6 Å². The maximum Gasteiger partial charge on any atom is 0.191 e. The summed E-state index contributed by atoms with van der Waals surface area (Å²) >= 11 is 0. The smallest absolute Gasteiger partial charge is 0.191 e. The number of ether oxygens (including phenoxy) is 3. The third-order valence-corrected chi connectivity index (χ3v) is 5.48. The predicted octanol–water partition coefficient (Wildman–Crippen LogP) is 4.06. The van der Waals surface area contributed by atoms with Crippen molar-refractivity contribution in [3.05, 3.63) is 48.3 Å². The molecule has 182 valence electrons. The van der Waals surface area contributed by atoms with Gasteiger partial charge in [-0.1, -0.05) is 12.1 Å². The second kappa shape index (κ2) is 13.3. The van der Waals surface area contributed by atoms with Crippen molar-refractivity contribution in [1.82, 2.24) is 10.6 Å². The molecule has 0 aromatic heterocycles. The minimum atomic E-state index is -0.359. The van der Waals surface area contributed by atoms with E-state index >= 15 is 0 Å². The van der Waals surface area contributed by atoms with Gasteiger partial charge in [0, 0.05) is 50.1 Å². The molecule has 2 N–H and O–H groups in total. The van der Waals surface area contributed by atoms with Crippen LogP contribution in [0.1, 0.15) is 19.8 Å². The van der Waals surface area contributed by atoms with Crippen LogP contribution in [0.4, 0.5) is 10.1 Å². The molecule has 33 heavy (non-hydrogen) atoms. The van der Waals surface area contributed by atoms with Gasteiger partial charge >= 0.3 is 0 Å². The fourth-order valence-electron chi connectivity index (χ4n) is 3.68. The summed E-state index contributed by atoms with van der Waals surface area (Å²) in [5, 5.41) is 6.76. The van der Waals surface area contributed by atoms with Gasteiger partial charge in [0.15, 0.2) is 17.5 Å². The van der Waals surface area contributed by atoms with Crippen molar-refractivity contribution in [2.75, 3.05) is 45.8 Å². The minimum Gasteiger partial charge on any atom is -0.497 e. The monoisotopic (exact) mass is 572 g/mol. The first-order valence-electron chi connectivity index (χ1n) is 10.9. The van der Waals surface area contributed by atoms with Gasteiger partial charge in [0.25, 0.3) is 0 Å². The van der Waals surface area contributed by atoms with E-state index in [4.69, 9.17) is 14.2 Å². The molecule has 0 amide bonds. The molecule has 1 aliphatic heterocycles. The van der Waals surface area contributed by atoms with Crippen molar-refractivity contribution in [3.63, 3.8) is 0 Å². The van der Waals surface area contributed by atoms with Crippen molar-refractivity contribution in [1.29, 1.82) is 0 Å². The van der Waals surface area contributed by atoms with Gasteiger partial charge in [-0.3, -0.25) is 4.99 Å². The number of nitrogens with one attached hydrogen (secondary N) is 2. The van der Waals surface area contributed by atoms with Crippen molar-refractivity contribution in [3.8, 4) is 17.2 Å². The van der Waals surface area contributed by atoms with Crippen LogP contribution in [0.25, 0.3) is 0 Å². The summed E-state index contributed by atoms with van der Waals surface area (Å²) in [5.74, 6) is 2.19. The Balaban J connectivity index is 0.00000385. The number of guanidine groups is 1. The molecule has 0 bridgehead atoms. The molecule has 1 fully saturated rings. The number of para-hydroxylation sites is 1. The van der Waals surface area contributed by atoms with E-state index in [-0.39, 0.29) is 41.6 Å². The first-order chi connectivity index (χ1) is 15.5. The molecule has 0 aliphatic carbocycles. The Kier molecular flexibility index (Phi) is 10.8. The van der Waals surface area contributed by atoms with Crippen LogP contribution >= 0.6 is 24.0 Å². The highest BCUT2D eigenvalue weighted by Gasteiger charge is 2.21. The molecule has 2 aromatic rings. The van der Waals surface area contributed by atoms with E-state index in [1.807, 2.05) is 25.1 Å². The fraction of sp³-hybridized carbons (Fsp3) is 0.458. The Labute approximate surface area is 212 Å². The number of hydrogen-bond acceptors (Lipinski definition) is 5. The van der Waals surface area contributed by atoms with Crippen LogP contribution in [0.5, 0.6) is 17.2 Å². The van der Waals surface area contributed by atoms with Crippen LogP contribution in [0, 0.1) is 5.82 Å². The molecule has 1 heterocycles. The van der Waals surface area contributed by atoms with Crippen LogP contribution in [-0.4, -0.2) is 59.0 Å². The van der Waals surface area contributed by atoms with E-state index in [0.29, 0.717) is 12.6 Å². The summed E-state index contributed by atoms with van der Waals surface area (Å²) in [5.41, 5.74) is 1.10. The molecule has 3 rings (SSSR count). The zero-order chi connectivity index (χ0) is 22.9. The zero-order valence-corrected chi connectivity index (χ0v) is 22.0. The van der Waals surface area contributed by atoms with Gasteiger partial charge in [-0.05, 0) is 31.9 Å². The number of anilines is 1. The second-order valence-electron chi connectivity index (χ2n) is 7.79. The maximum absolute atomic E-state index is 13.8. The normalized spacial score (nSPS) is 15.3. The first-order valence-corrected chi connectivity index (χ1v) is 10.9. The number of rotatable bonds is 8. The lowest BCUT2D eigenvalue weighted by atomic mass is 10.0. The summed E-state index contributed by atoms with van der Waals surface area (Å²) in [7, 11) is 5.07. The summed E-state index contributed by atoms with van der Waals surface area (Å²) < 4.78 is 30.2. The third kappa shape index (κ3) is 7.83.